The fourth-order valence-corrected chi connectivity index (χ4v) is 3.05. The van der Waals surface area contributed by atoms with Gasteiger partial charge in [0.15, 0.2) is 0 Å². The summed E-state index contributed by atoms with van der Waals surface area (Å²) in [6, 6.07) is 0. The minimum absolute atomic E-state index is 0.0387. The van der Waals surface area contributed by atoms with E-state index in [-0.39, 0.29) is 25.0 Å². The zero-order valence-corrected chi connectivity index (χ0v) is 12.1. The zero-order chi connectivity index (χ0) is 14.5. The first-order valence-electron chi connectivity index (χ1n) is 6.41. The van der Waals surface area contributed by atoms with Crippen molar-refractivity contribution in [1.82, 2.24) is 9.03 Å². The van der Waals surface area contributed by atoms with Crippen LogP contribution in [0.25, 0.3) is 0 Å². The molecule has 0 saturated carbocycles. The normalized spacial score (nSPS) is 23.9. The second-order valence-electron chi connectivity index (χ2n) is 4.69. The van der Waals surface area contributed by atoms with Gasteiger partial charge < -0.3 is 9.84 Å². The Balaban J connectivity index is 2.43. The maximum atomic E-state index is 11.9. The second-order valence-corrected chi connectivity index (χ2v) is 6.55. The van der Waals surface area contributed by atoms with E-state index in [4.69, 9.17) is 9.84 Å². The van der Waals surface area contributed by atoms with E-state index in [1.54, 1.807) is 0 Å². The van der Waals surface area contributed by atoms with Gasteiger partial charge in [-0.15, -0.1) is 0 Å². The Bertz CT molecular complexity index is 398. The molecule has 0 radical (unpaired) electrons. The molecule has 0 aromatic rings. The van der Waals surface area contributed by atoms with Crippen molar-refractivity contribution >= 4 is 16.2 Å². The Morgan fingerprint density at radius 2 is 2.21 bits per heavy atom. The van der Waals surface area contributed by atoms with Gasteiger partial charge in [0, 0.05) is 32.7 Å². The fourth-order valence-electron chi connectivity index (χ4n) is 2.07. The van der Waals surface area contributed by atoms with Crippen LogP contribution in [0.15, 0.2) is 0 Å². The summed E-state index contributed by atoms with van der Waals surface area (Å²) in [5.41, 5.74) is 0. The molecule has 1 aliphatic rings. The third-order valence-electron chi connectivity index (χ3n) is 3.33. The summed E-state index contributed by atoms with van der Waals surface area (Å²) in [5.74, 6) is -0.829. The molecule has 112 valence electrons. The van der Waals surface area contributed by atoms with Gasteiger partial charge in [-0.1, -0.05) is 6.92 Å². The SMILES string of the molecule is CCC1OCCC1CNS(=O)(=O)N(C)CCC(=O)O. The molecule has 0 amide bonds. The molecular weight excluding hydrogens is 272 g/mol. The molecule has 2 unspecified atom stereocenters. The van der Waals surface area contributed by atoms with Crippen LogP contribution in [0.3, 0.4) is 0 Å². The minimum Gasteiger partial charge on any atom is -0.481 e. The largest absolute Gasteiger partial charge is 0.481 e. The van der Waals surface area contributed by atoms with E-state index in [2.05, 4.69) is 4.72 Å². The van der Waals surface area contributed by atoms with Crippen LogP contribution in [0.4, 0.5) is 0 Å². The molecule has 1 heterocycles. The number of carboxylic acids is 1. The Kier molecular flexibility index (Phi) is 6.18. The van der Waals surface area contributed by atoms with Crippen LogP contribution in [-0.4, -0.2) is 56.6 Å². The quantitative estimate of drug-likeness (QED) is 0.659. The number of nitrogens with zero attached hydrogens (tertiary/aromatic N) is 1. The topological polar surface area (TPSA) is 95.9 Å². The van der Waals surface area contributed by atoms with Crippen LogP contribution in [0.1, 0.15) is 26.2 Å². The van der Waals surface area contributed by atoms with Crippen molar-refractivity contribution in [3.63, 3.8) is 0 Å². The molecule has 2 N–H and O–H groups in total. The van der Waals surface area contributed by atoms with Gasteiger partial charge in [-0.3, -0.25) is 4.79 Å². The van der Waals surface area contributed by atoms with Gasteiger partial charge in [0.25, 0.3) is 10.2 Å². The standard InChI is InChI=1S/C11H22N2O5S/c1-3-10-9(5-7-18-10)8-12-19(16,17)13(2)6-4-11(14)15/h9-10,12H,3-8H2,1-2H3,(H,14,15). The Labute approximate surface area is 114 Å². The lowest BCUT2D eigenvalue weighted by Crippen LogP contribution is -2.42. The average molecular weight is 294 g/mol. The number of ether oxygens (including phenoxy) is 1. The molecule has 7 nitrogen and oxygen atoms in total. The highest BCUT2D eigenvalue weighted by Gasteiger charge is 2.28. The first kappa shape index (κ1) is 16.4. The molecule has 1 fully saturated rings. The van der Waals surface area contributed by atoms with Crippen LogP contribution >= 0.6 is 0 Å². The van der Waals surface area contributed by atoms with Crippen molar-refractivity contribution < 1.29 is 23.1 Å². The summed E-state index contributed by atoms with van der Waals surface area (Å²) in [7, 11) is -2.24. The fraction of sp³-hybridized carbons (Fsp3) is 0.909. The van der Waals surface area contributed by atoms with Gasteiger partial charge in [0.2, 0.25) is 0 Å². The van der Waals surface area contributed by atoms with Gasteiger partial charge in [-0.2, -0.15) is 12.7 Å². The van der Waals surface area contributed by atoms with Crippen molar-refractivity contribution in [3.05, 3.63) is 0 Å². The summed E-state index contributed by atoms with van der Waals surface area (Å²) in [5, 5.41) is 8.54. The van der Waals surface area contributed by atoms with E-state index in [1.807, 2.05) is 6.92 Å². The molecule has 0 spiro atoms. The third kappa shape index (κ3) is 5.06. The molecule has 19 heavy (non-hydrogen) atoms. The maximum Gasteiger partial charge on any atom is 0.304 e. The number of carboxylic acid groups (broad SMARTS) is 1. The van der Waals surface area contributed by atoms with E-state index >= 15 is 0 Å². The van der Waals surface area contributed by atoms with Crippen molar-refractivity contribution in [1.29, 1.82) is 0 Å². The molecule has 0 aromatic carbocycles. The molecule has 1 aliphatic heterocycles. The predicted molar refractivity (Wildman–Crippen MR) is 69.9 cm³/mol. The van der Waals surface area contributed by atoms with Crippen molar-refractivity contribution in [2.75, 3.05) is 26.7 Å². The summed E-state index contributed by atoms with van der Waals surface area (Å²) < 4.78 is 32.8. The molecule has 1 saturated heterocycles. The number of aliphatic carboxylic acids is 1. The summed E-state index contributed by atoms with van der Waals surface area (Å²) in [4.78, 5) is 10.4. The van der Waals surface area contributed by atoms with E-state index in [0.717, 1.165) is 17.1 Å². The van der Waals surface area contributed by atoms with Crippen LogP contribution in [0, 0.1) is 5.92 Å². The molecule has 0 aromatic heterocycles. The van der Waals surface area contributed by atoms with Crippen LogP contribution in [0.5, 0.6) is 0 Å². The van der Waals surface area contributed by atoms with E-state index < -0.39 is 16.2 Å². The Hall–Kier alpha value is -0.700. The number of carbonyl (C=O) groups is 1. The molecule has 2 atom stereocenters. The number of hydrogen-bond donors (Lipinski definition) is 2. The summed E-state index contributed by atoms with van der Waals surface area (Å²) >= 11 is 0. The van der Waals surface area contributed by atoms with Crippen LogP contribution in [-0.2, 0) is 19.7 Å². The van der Waals surface area contributed by atoms with Gasteiger partial charge in [0.05, 0.1) is 12.5 Å². The number of rotatable bonds is 8. The highest BCUT2D eigenvalue weighted by atomic mass is 32.2. The lowest BCUT2D eigenvalue weighted by atomic mass is 10.0. The molecule has 0 bridgehead atoms. The number of hydrogen-bond acceptors (Lipinski definition) is 4. The average Bonchev–Trinajstić information content (AvgIpc) is 2.80. The monoisotopic (exact) mass is 294 g/mol. The highest BCUT2D eigenvalue weighted by molar-refractivity contribution is 7.87. The second kappa shape index (κ2) is 7.18. The molecule has 8 heteroatoms. The summed E-state index contributed by atoms with van der Waals surface area (Å²) in [6.07, 6.45) is 1.61. The van der Waals surface area contributed by atoms with Crippen molar-refractivity contribution in [2.45, 2.75) is 32.3 Å². The van der Waals surface area contributed by atoms with E-state index in [0.29, 0.717) is 13.2 Å². The maximum absolute atomic E-state index is 11.9. The van der Waals surface area contributed by atoms with Crippen molar-refractivity contribution in [2.24, 2.45) is 5.92 Å². The zero-order valence-electron chi connectivity index (χ0n) is 11.3. The predicted octanol–water partition coefficient (Wildman–Crippen LogP) is 0.0424. The van der Waals surface area contributed by atoms with E-state index in [9.17, 15) is 13.2 Å². The van der Waals surface area contributed by atoms with E-state index in [1.165, 1.54) is 7.05 Å². The molecular formula is C11H22N2O5S. The van der Waals surface area contributed by atoms with Gasteiger partial charge in [-0.25, -0.2) is 4.72 Å². The smallest absolute Gasteiger partial charge is 0.304 e. The van der Waals surface area contributed by atoms with Crippen molar-refractivity contribution in [3.8, 4) is 0 Å². The first-order chi connectivity index (χ1) is 8.86. The summed E-state index contributed by atoms with van der Waals surface area (Å²) in [6.45, 7) is 2.97. The Morgan fingerprint density at radius 1 is 1.53 bits per heavy atom. The molecule has 1 rings (SSSR count). The highest BCUT2D eigenvalue weighted by Crippen LogP contribution is 2.22. The third-order valence-corrected chi connectivity index (χ3v) is 4.86. The lowest BCUT2D eigenvalue weighted by molar-refractivity contribution is -0.137. The van der Waals surface area contributed by atoms with Gasteiger partial charge in [0.1, 0.15) is 0 Å². The van der Waals surface area contributed by atoms with Gasteiger partial charge >= 0.3 is 5.97 Å². The van der Waals surface area contributed by atoms with Gasteiger partial charge in [-0.05, 0) is 12.8 Å². The van der Waals surface area contributed by atoms with Crippen LogP contribution < -0.4 is 4.72 Å². The van der Waals surface area contributed by atoms with Crippen LogP contribution in [0.2, 0.25) is 0 Å². The minimum atomic E-state index is -3.61. The number of nitrogens with one attached hydrogen (secondary N) is 1. The molecule has 0 aliphatic carbocycles. The first-order valence-corrected chi connectivity index (χ1v) is 7.85. The lowest BCUT2D eigenvalue weighted by Gasteiger charge is -2.20. The Morgan fingerprint density at radius 3 is 2.79 bits per heavy atom.